The summed E-state index contributed by atoms with van der Waals surface area (Å²) in [5.74, 6) is -0.203. The van der Waals surface area contributed by atoms with Crippen molar-refractivity contribution in [2.45, 2.75) is 31.3 Å². The molecule has 9 heteroatoms. The van der Waals surface area contributed by atoms with Crippen LogP contribution in [0.5, 0.6) is 0 Å². The maximum atomic E-state index is 14.3. The number of fused-ring (bicyclic) bond motifs is 1. The molecule has 0 bridgehead atoms. The fourth-order valence-electron chi connectivity index (χ4n) is 5.08. The van der Waals surface area contributed by atoms with Crippen LogP contribution in [0.25, 0.3) is 0 Å². The Morgan fingerprint density at radius 1 is 1.06 bits per heavy atom. The number of sulfonamides is 1. The Morgan fingerprint density at radius 3 is 2.29 bits per heavy atom. The molecule has 182 valence electrons. The highest BCUT2D eigenvalue weighted by Gasteiger charge is 2.65. The summed E-state index contributed by atoms with van der Waals surface area (Å²) in [5, 5.41) is 0. The molecule has 0 radical (unpaired) electrons. The van der Waals surface area contributed by atoms with Gasteiger partial charge in [-0.1, -0.05) is 60.2 Å². The predicted octanol–water partition coefficient (Wildman–Crippen LogP) is 5.07. The molecule has 0 aromatic heterocycles. The number of benzene rings is 2. The fourth-order valence-corrected chi connectivity index (χ4v) is 9.45. The predicted molar refractivity (Wildman–Crippen MR) is 132 cm³/mol. The van der Waals surface area contributed by atoms with Gasteiger partial charge in [-0.25, -0.2) is 8.42 Å². The second-order valence-corrected chi connectivity index (χ2v) is 12.8. The summed E-state index contributed by atoms with van der Waals surface area (Å²) in [6, 6.07) is 15.7. The van der Waals surface area contributed by atoms with Gasteiger partial charge in [-0.05, 0) is 50.6 Å². The highest BCUT2D eigenvalue weighted by atomic mass is 32.2. The Morgan fingerprint density at radius 2 is 1.69 bits per heavy atom. The molecule has 0 saturated heterocycles. The number of rotatable bonds is 5. The molecule has 2 heterocycles. The van der Waals surface area contributed by atoms with Crippen molar-refractivity contribution in [1.82, 2.24) is 4.31 Å². The van der Waals surface area contributed by atoms with E-state index in [2.05, 4.69) is 0 Å². The lowest BCUT2D eigenvalue weighted by Crippen LogP contribution is -2.38. The standard InChI is InChI=1S/C26H26NO6PS/c1-4-32-34(29)24-23(25(3,33-34)20-8-6-5-7-9-20)26(16-14-21(28)15-17-26)18-27(24)35(30,31)22-12-10-19(2)11-13-22/h5-17H,4,18H2,1-3H3. The first-order valence-corrected chi connectivity index (χ1v) is 14.3. The molecule has 2 atom stereocenters. The lowest BCUT2D eigenvalue weighted by molar-refractivity contribution is -0.110. The Labute approximate surface area is 205 Å². The van der Waals surface area contributed by atoms with Crippen LogP contribution in [0.4, 0.5) is 0 Å². The van der Waals surface area contributed by atoms with Gasteiger partial charge in [0.1, 0.15) is 11.0 Å². The number of carbonyl (C=O) groups excluding carboxylic acids is 1. The molecule has 3 aliphatic rings. The summed E-state index contributed by atoms with van der Waals surface area (Å²) in [6.45, 7) is 5.34. The van der Waals surface area contributed by atoms with Crippen LogP contribution in [0.2, 0.25) is 0 Å². The van der Waals surface area contributed by atoms with E-state index in [1.165, 1.54) is 24.3 Å². The Hall–Kier alpha value is -2.77. The fraction of sp³-hybridized carbons (Fsp3) is 0.269. The van der Waals surface area contributed by atoms with E-state index in [0.717, 1.165) is 9.87 Å². The van der Waals surface area contributed by atoms with E-state index < -0.39 is 28.6 Å². The number of ketones is 1. The van der Waals surface area contributed by atoms with Crippen molar-refractivity contribution < 1.29 is 26.8 Å². The molecule has 0 fully saturated rings. The molecule has 0 amide bonds. The van der Waals surface area contributed by atoms with Gasteiger partial charge in [-0.3, -0.25) is 18.2 Å². The van der Waals surface area contributed by atoms with Crippen molar-refractivity contribution >= 4 is 23.4 Å². The molecule has 2 aromatic carbocycles. The normalized spacial score (nSPS) is 27.2. The van der Waals surface area contributed by atoms with Gasteiger partial charge in [-0.2, -0.15) is 0 Å². The molecule has 2 unspecified atom stereocenters. The Balaban J connectivity index is 1.80. The first kappa shape index (κ1) is 23.9. The highest BCUT2D eigenvalue weighted by molar-refractivity contribution is 7.89. The van der Waals surface area contributed by atoms with E-state index in [-0.39, 0.29) is 29.3 Å². The number of allylic oxidation sites excluding steroid dienone is 2. The van der Waals surface area contributed by atoms with Gasteiger partial charge < -0.3 is 4.52 Å². The molecular weight excluding hydrogens is 485 g/mol. The summed E-state index contributed by atoms with van der Waals surface area (Å²) in [5.41, 5.74) is -0.140. The number of aryl methyl sites for hydroxylation is 1. The van der Waals surface area contributed by atoms with Crippen LogP contribution in [0, 0.1) is 12.3 Å². The molecule has 5 rings (SSSR count). The van der Waals surface area contributed by atoms with E-state index in [1.807, 2.05) is 37.3 Å². The minimum Gasteiger partial charge on any atom is -0.304 e. The van der Waals surface area contributed by atoms with Gasteiger partial charge in [0.25, 0.3) is 10.0 Å². The van der Waals surface area contributed by atoms with Crippen LogP contribution in [0.1, 0.15) is 25.0 Å². The molecule has 2 aliphatic heterocycles. The molecule has 1 aliphatic carbocycles. The van der Waals surface area contributed by atoms with Crippen molar-refractivity contribution in [3.05, 3.63) is 101 Å². The summed E-state index contributed by atoms with van der Waals surface area (Å²) in [4.78, 5) is 12.1. The second-order valence-electron chi connectivity index (χ2n) is 9.04. The smallest absolute Gasteiger partial charge is 0.304 e. The summed E-state index contributed by atoms with van der Waals surface area (Å²) < 4.78 is 55.4. The lowest BCUT2D eigenvalue weighted by Gasteiger charge is -2.38. The zero-order valence-corrected chi connectivity index (χ0v) is 21.4. The first-order chi connectivity index (χ1) is 16.6. The van der Waals surface area contributed by atoms with Gasteiger partial charge in [0.15, 0.2) is 5.78 Å². The monoisotopic (exact) mass is 511 g/mol. The molecule has 0 saturated carbocycles. The van der Waals surface area contributed by atoms with Crippen molar-refractivity contribution in [3.63, 3.8) is 0 Å². The van der Waals surface area contributed by atoms with Gasteiger partial charge in [0.05, 0.1) is 23.5 Å². The molecule has 7 nitrogen and oxygen atoms in total. The average Bonchev–Trinajstić information content (AvgIpc) is 3.31. The SMILES string of the molecule is CCOP1(=O)OC(C)(c2ccccc2)C2=C1N(S(=O)(=O)c1ccc(C)cc1)CC21C=CC(=O)C=C1. The van der Waals surface area contributed by atoms with E-state index in [4.69, 9.17) is 9.05 Å². The minimum absolute atomic E-state index is 0.0231. The van der Waals surface area contributed by atoms with E-state index >= 15 is 0 Å². The average molecular weight is 512 g/mol. The van der Waals surface area contributed by atoms with Crippen molar-refractivity contribution in [1.29, 1.82) is 0 Å². The molecule has 0 N–H and O–H groups in total. The molecule has 2 aromatic rings. The van der Waals surface area contributed by atoms with Crippen LogP contribution in [0.15, 0.2) is 94.8 Å². The third-order valence-corrected chi connectivity index (χ3v) is 10.8. The topological polar surface area (TPSA) is 90.0 Å². The number of hydrogen-bond acceptors (Lipinski definition) is 6. The number of carbonyl (C=O) groups is 1. The van der Waals surface area contributed by atoms with Crippen LogP contribution < -0.4 is 0 Å². The third-order valence-electron chi connectivity index (χ3n) is 6.69. The summed E-state index contributed by atoms with van der Waals surface area (Å²) >= 11 is 0. The van der Waals surface area contributed by atoms with Crippen LogP contribution in [0.3, 0.4) is 0 Å². The molecular formula is C26H26NO6PS. The number of hydrogen-bond donors (Lipinski definition) is 0. The van der Waals surface area contributed by atoms with Crippen molar-refractivity contribution in [2.24, 2.45) is 5.41 Å². The summed E-state index contributed by atoms with van der Waals surface area (Å²) in [6.07, 6.45) is 6.20. The second kappa shape index (κ2) is 8.14. The van der Waals surface area contributed by atoms with Crippen LogP contribution in [-0.2, 0) is 34.0 Å². The van der Waals surface area contributed by atoms with Gasteiger partial charge in [0, 0.05) is 5.57 Å². The van der Waals surface area contributed by atoms with E-state index in [1.54, 1.807) is 38.1 Å². The largest absolute Gasteiger partial charge is 0.379 e. The van der Waals surface area contributed by atoms with Gasteiger partial charge in [-0.15, -0.1) is 0 Å². The maximum Gasteiger partial charge on any atom is 0.379 e. The zero-order chi connectivity index (χ0) is 25.1. The maximum absolute atomic E-state index is 14.3. The Kier molecular flexibility index (Phi) is 5.57. The quantitative estimate of drug-likeness (QED) is 0.521. The molecule has 1 spiro atoms. The van der Waals surface area contributed by atoms with Crippen molar-refractivity contribution in [3.8, 4) is 0 Å². The van der Waals surface area contributed by atoms with Gasteiger partial charge in [0.2, 0.25) is 0 Å². The lowest BCUT2D eigenvalue weighted by atomic mass is 9.70. The minimum atomic E-state index is -4.13. The molecule has 35 heavy (non-hydrogen) atoms. The Bertz CT molecular complexity index is 1430. The van der Waals surface area contributed by atoms with Crippen molar-refractivity contribution in [2.75, 3.05) is 13.2 Å². The highest BCUT2D eigenvalue weighted by Crippen LogP contribution is 2.75. The first-order valence-electron chi connectivity index (χ1n) is 11.3. The third kappa shape index (κ3) is 3.59. The summed E-state index contributed by atoms with van der Waals surface area (Å²) in [7, 11) is -8.21. The van der Waals surface area contributed by atoms with E-state index in [9.17, 15) is 17.8 Å². The van der Waals surface area contributed by atoms with Crippen LogP contribution in [-0.4, -0.2) is 31.7 Å². The zero-order valence-electron chi connectivity index (χ0n) is 19.7. The van der Waals surface area contributed by atoms with E-state index in [0.29, 0.717) is 11.1 Å². The van der Waals surface area contributed by atoms with Crippen LogP contribution >= 0.6 is 7.60 Å². The van der Waals surface area contributed by atoms with Gasteiger partial charge >= 0.3 is 7.60 Å². The number of nitrogens with zero attached hydrogens (tertiary/aromatic N) is 1.